The highest BCUT2D eigenvalue weighted by atomic mass is 35.5. The Kier molecular flexibility index (Phi) is 9.27. The first-order valence-electron chi connectivity index (χ1n) is 15.3. The fourth-order valence-electron chi connectivity index (χ4n) is 5.89. The number of carbonyl (C=O) groups excluding carboxylic acids is 3. The number of ether oxygens (including phenoxy) is 3. The van der Waals surface area contributed by atoms with E-state index >= 15 is 0 Å². The van der Waals surface area contributed by atoms with Crippen molar-refractivity contribution in [3.05, 3.63) is 56.4 Å². The van der Waals surface area contributed by atoms with Crippen LogP contribution in [0.1, 0.15) is 59.3 Å². The fourth-order valence-corrected chi connectivity index (χ4v) is 7.09. The molecule has 6 rings (SSSR count). The van der Waals surface area contributed by atoms with Crippen molar-refractivity contribution in [3.8, 4) is 11.9 Å². The first-order valence-corrected chi connectivity index (χ1v) is 16.5. The van der Waals surface area contributed by atoms with Crippen LogP contribution in [0.15, 0.2) is 23.6 Å². The average molecular weight is 683 g/mol. The molecule has 1 unspecified atom stereocenters. The number of anilines is 1. The molecule has 0 aliphatic carbocycles. The molecule has 248 valence electrons. The number of halogens is 1. The summed E-state index contributed by atoms with van der Waals surface area (Å²) in [5.41, 5.74) is 1.34. The molecule has 14 nitrogen and oxygen atoms in total. The van der Waals surface area contributed by atoms with Gasteiger partial charge in [0.1, 0.15) is 23.3 Å². The van der Waals surface area contributed by atoms with Crippen LogP contribution in [0.3, 0.4) is 0 Å². The Labute approximate surface area is 280 Å². The molecule has 3 aliphatic rings. The van der Waals surface area contributed by atoms with Gasteiger partial charge in [-0.05, 0) is 39.0 Å². The molecule has 1 atom stereocenters. The largest absolute Gasteiger partial charge is 0.481 e. The molecule has 0 bridgehead atoms. The maximum absolute atomic E-state index is 13.9. The van der Waals surface area contributed by atoms with Gasteiger partial charge in [0, 0.05) is 49.4 Å². The molecule has 3 amide bonds. The lowest BCUT2D eigenvalue weighted by Gasteiger charge is -2.37. The highest BCUT2D eigenvalue weighted by molar-refractivity contribution is 7.10. The zero-order valence-electron chi connectivity index (χ0n) is 26.3. The predicted molar refractivity (Wildman–Crippen MR) is 171 cm³/mol. The van der Waals surface area contributed by atoms with E-state index in [1.54, 1.807) is 33.5 Å². The van der Waals surface area contributed by atoms with E-state index in [9.17, 15) is 14.4 Å². The minimum Gasteiger partial charge on any atom is -0.481 e. The Morgan fingerprint density at radius 2 is 1.94 bits per heavy atom. The lowest BCUT2D eigenvalue weighted by Crippen LogP contribution is -2.45. The SMILES string of the molecule is CC(C)(C)OC(=O)N1CCn2c(nc3c2C(c2cc(C(=O)NC#N)cs2)N(C(=O)COc2ccc(N4CCOCC4)nc2Cl)CC3)C1. The number of hydrogen-bond donors (Lipinski definition) is 1. The summed E-state index contributed by atoms with van der Waals surface area (Å²) in [6.45, 7) is 9.30. The standard InChI is InChI=1S/C31H35ClN8O6S/c1-31(2,3)46-30(43)38-8-9-39-24(15-38)35-20-6-7-40(27(26(20)39)22-14-19(17-47-22)29(42)34-18-33)25(41)16-45-21-4-5-23(36-28(21)32)37-10-12-44-13-11-37/h4-5,14,17,27H,6-13,15-16H2,1-3H3,(H,34,42). The van der Waals surface area contributed by atoms with Crippen molar-refractivity contribution in [2.24, 2.45) is 0 Å². The summed E-state index contributed by atoms with van der Waals surface area (Å²) in [6, 6.07) is 4.64. The molecule has 1 fully saturated rings. The number of imidazole rings is 1. The number of nitriles is 1. The van der Waals surface area contributed by atoms with Crippen molar-refractivity contribution in [1.29, 1.82) is 5.26 Å². The van der Waals surface area contributed by atoms with E-state index in [1.807, 2.05) is 26.8 Å². The first-order chi connectivity index (χ1) is 22.5. The third kappa shape index (κ3) is 6.99. The smallest absolute Gasteiger partial charge is 0.410 e. The minimum absolute atomic E-state index is 0.157. The maximum atomic E-state index is 13.9. The lowest BCUT2D eigenvalue weighted by atomic mass is 10.00. The van der Waals surface area contributed by atoms with Gasteiger partial charge in [0.25, 0.3) is 11.8 Å². The second-order valence-electron chi connectivity index (χ2n) is 12.3. The van der Waals surface area contributed by atoms with Crippen molar-refractivity contribution in [2.45, 2.75) is 51.9 Å². The van der Waals surface area contributed by atoms with Crippen LogP contribution in [-0.2, 0) is 33.8 Å². The van der Waals surface area contributed by atoms with E-state index in [0.717, 1.165) is 16.3 Å². The molecule has 1 N–H and O–H groups in total. The van der Waals surface area contributed by atoms with Crippen molar-refractivity contribution >= 4 is 46.7 Å². The number of nitrogens with one attached hydrogen (secondary N) is 1. The van der Waals surface area contributed by atoms with Crippen LogP contribution in [0.2, 0.25) is 5.15 Å². The molecule has 0 saturated carbocycles. The van der Waals surface area contributed by atoms with Gasteiger partial charge in [-0.2, -0.15) is 5.26 Å². The quantitative estimate of drug-likeness (QED) is 0.233. The molecule has 3 aliphatic heterocycles. The van der Waals surface area contributed by atoms with Crippen LogP contribution in [0.4, 0.5) is 10.6 Å². The lowest BCUT2D eigenvalue weighted by molar-refractivity contribution is -0.135. The third-order valence-electron chi connectivity index (χ3n) is 8.03. The van der Waals surface area contributed by atoms with E-state index in [0.29, 0.717) is 75.3 Å². The molecule has 0 aromatic carbocycles. The number of pyridine rings is 1. The summed E-state index contributed by atoms with van der Waals surface area (Å²) >= 11 is 7.79. The Morgan fingerprint density at radius 1 is 1.15 bits per heavy atom. The Morgan fingerprint density at radius 3 is 2.66 bits per heavy atom. The number of morpholine rings is 1. The number of nitrogens with zero attached hydrogens (tertiary/aromatic N) is 7. The summed E-state index contributed by atoms with van der Waals surface area (Å²) in [5, 5.41) is 12.9. The number of hydrogen-bond acceptors (Lipinski definition) is 11. The van der Waals surface area contributed by atoms with E-state index < -0.39 is 23.6 Å². The normalized spacial score (nSPS) is 17.8. The van der Waals surface area contributed by atoms with Gasteiger partial charge >= 0.3 is 6.09 Å². The first kappa shape index (κ1) is 32.5. The third-order valence-corrected chi connectivity index (χ3v) is 9.28. The summed E-state index contributed by atoms with van der Waals surface area (Å²) in [6.07, 6.45) is 1.75. The average Bonchev–Trinajstić information content (AvgIpc) is 3.68. The van der Waals surface area contributed by atoms with Crippen LogP contribution in [0.5, 0.6) is 5.75 Å². The highest BCUT2D eigenvalue weighted by Gasteiger charge is 2.40. The zero-order chi connectivity index (χ0) is 33.3. The summed E-state index contributed by atoms with van der Waals surface area (Å²) < 4.78 is 19.0. The molecule has 3 aromatic heterocycles. The second kappa shape index (κ2) is 13.4. The van der Waals surface area contributed by atoms with Gasteiger partial charge in [-0.15, -0.1) is 11.3 Å². The number of amides is 3. The van der Waals surface area contributed by atoms with Gasteiger partial charge in [0.05, 0.1) is 36.7 Å². The highest BCUT2D eigenvalue weighted by Crippen LogP contribution is 2.40. The molecular formula is C31H35ClN8O6S. The van der Waals surface area contributed by atoms with Crippen LogP contribution in [-0.4, -0.2) is 93.8 Å². The molecule has 6 heterocycles. The van der Waals surface area contributed by atoms with Crippen molar-refractivity contribution in [3.63, 3.8) is 0 Å². The summed E-state index contributed by atoms with van der Waals surface area (Å²) in [5.74, 6) is 0.886. The van der Waals surface area contributed by atoms with Gasteiger partial charge < -0.3 is 28.6 Å². The molecule has 3 aromatic rings. The zero-order valence-corrected chi connectivity index (χ0v) is 27.9. The monoisotopic (exact) mass is 682 g/mol. The number of carbonyl (C=O) groups is 3. The van der Waals surface area contributed by atoms with Gasteiger partial charge in [0.15, 0.2) is 23.7 Å². The predicted octanol–water partition coefficient (Wildman–Crippen LogP) is 3.34. The van der Waals surface area contributed by atoms with Crippen LogP contribution in [0.25, 0.3) is 0 Å². The van der Waals surface area contributed by atoms with E-state index in [2.05, 4.69) is 19.8 Å². The second-order valence-corrected chi connectivity index (χ2v) is 13.6. The number of aromatic nitrogens is 3. The Hall–Kier alpha value is -4.39. The van der Waals surface area contributed by atoms with Crippen LogP contribution in [0, 0.1) is 11.5 Å². The summed E-state index contributed by atoms with van der Waals surface area (Å²) in [7, 11) is 0. The number of thiophene rings is 1. The minimum atomic E-state index is -0.628. The van der Waals surface area contributed by atoms with Gasteiger partial charge in [0.2, 0.25) is 0 Å². The molecular weight excluding hydrogens is 648 g/mol. The van der Waals surface area contributed by atoms with Gasteiger partial charge in [-0.1, -0.05) is 11.6 Å². The molecule has 16 heteroatoms. The molecule has 0 radical (unpaired) electrons. The van der Waals surface area contributed by atoms with E-state index in [-0.39, 0.29) is 24.2 Å². The fraction of sp³-hybridized carbons (Fsp3) is 0.484. The molecule has 1 saturated heterocycles. The number of rotatable bonds is 6. The van der Waals surface area contributed by atoms with Crippen LogP contribution >= 0.6 is 22.9 Å². The van der Waals surface area contributed by atoms with Gasteiger partial charge in [-0.3, -0.25) is 19.8 Å². The van der Waals surface area contributed by atoms with E-state index in [4.69, 9.17) is 36.1 Å². The number of fused-ring (bicyclic) bond motifs is 3. The Balaban J connectivity index is 1.25. The van der Waals surface area contributed by atoms with Gasteiger partial charge in [-0.25, -0.2) is 14.8 Å². The summed E-state index contributed by atoms with van der Waals surface area (Å²) in [4.78, 5) is 54.7. The topological polar surface area (TPSA) is 155 Å². The maximum Gasteiger partial charge on any atom is 0.410 e. The van der Waals surface area contributed by atoms with Crippen molar-refractivity contribution in [2.75, 3.05) is 50.9 Å². The van der Waals surface area contributed by atoms with Crippen molar-refractivity contribution in [1.82, 2.24) is 29.7 Å². The van der Waals surface area contributed by atoms with E-state index in [1.165, 1.54) is 11.3 Å². The van der Waals surface area contributed by atoms with Crippen molar-refractivity contribution < 1.29 is 28.6 Å². The van der Waals surface area contributed by atoms with Crippen LogP contribution < -0.4 is 15.0 Å². The Bertz CT molecular complexity index is 1720. The molecule has 0 spiro atoms. The molecule has 47 heavy (non-hydrogen) atoms.